The zero-order chi connectivity index (χ0) is 19.2. The van der Waals surface area contributed by atoms with Crippen LogP contribution in [0.15, 0.2) is 48.5 Å². The molecule has 0 aliphatic heterocycles. The summed E-state index contributed by atoms with van der Waals surface area (Å²) in [6.45, 7) is 0. The van der Waals surface area contributed by atoms with Crippen molar-refractivity contribution in [2.45, 2.75) is 44.2 Å². The Morgan fingerprint density at radius 2 is 1.85 bits per heavy atom. The van der Waals surface area contributed by atoms with E-state index in [1.165, 1.54) is 0 Å². The van der Waals surface area contributed by atoms with Crippen LogP contribution in [-0.4, -0.2) is 34.3 Å². The van der Waals surface area contributed by atoms with Crippen molar-refractivity contribution in [3.63, 3.8) is 0 Å². The van der Waals surface area contributed by atoms with Crippen LogP contribution in [-0.2, 0) is 24.1 Å². The van der Waals surface area contributed by atoms with Crippen LogP contribution in [0.25, 0.3) is 0 Å². The third-order valence-electron chi connectivity index (χ3n) is 4.87. The minimum Gasteiger partial charge on any atom is -0.508 e. The average molecular weight is 368 g/mol. The van der Waals surface area contributed by atoms with Gasteiger partial charge < -0.3 is 20.8 Å². The molecule has 2 aromatic rings. The molecule has 0 saturated carbocycles. The van der Waals surface area contributed by atoms with Gasteiger partial charge in [-0.1, -0.05) is 42.5 Å². The van der Waals surface area contributed by atoms with E-state index in [4.69, 9.17) is 5.11 Å². The molecule has 2 amide bonds. The molecule has 0 fully saturated rings. The van der Waals surface area contributed by atoms with Crippen molar-refractivity contribution in [2.75, 3.05) is 0 Å². The molecule has 0 bridgehead atoms. The lowest BCUT2D eigenvalue weighted by Gasteiger charge is -2.20. The molecule has 0 heterocycles. The Kier molecular flexibility index (Phi) is 5.96. The SMILES string of the molecule is O=C(O)CCC(Cc1ccccc1)NC(=O)NC1Cc2cccc(O)c2C1. The summed E-state index contributed by atoms with van der Waals surface area (Å²) in [4.78, 5) is 23.4. The Labute approximate surface area is 158 Å². The number of carboxylic acid groups (broad SMARTS) is 1. The van der Waals surface area contributed by atoms with Crippen LogP contribution in [0.1, 0.15) is 29.5 Å². The van der Waals surface area contributed by atoms with Crippen LogP contribution in [0.2, 0.25) is 0 Å². The normalized spacial score (nSPS) is 16.4. The van der Waals surface area contributed by atoms with Crippen molar-refractivity contribution in [3.05, 3.63) is 65.2 Å². The minimum absolute atomic E-state index is 0.000518. The standard InChI is InChI=1S/C21H24N2O4/c24-19-8-4-7-15-12-17(13-18(15)19)23-21(27)22-16(9-10-20(25)26)11-14-5-2-1-3-6-14/h1-8,16-17,24H,9-13H2,(H,25,26)(H2,22,23,27). The smallest absolute Gasteiger partial charge is 0.315 e. The lowest BCUT2D eigenvalue weighted by molar-refractivity contribution is -0.137. The van der Waals surface area contributed by atoms with E-state index in [0.29, 0.717) is 25.7 Å². The summed E-state index contributed by atoms with van der Waals surface area (Å²) in [5.74, 6) is -0.613. The summed E-state index contributed by atoms with van der Waals surface area (Å²) in [5, 5.41) is 24.8. The number of phenolic OH excluding ortho intramolecular Hbond substituents is 1. The molecule has 0 aromatic heterocycles. The number of benzene rings is 2. The highest BCUT2D eigenvalue weighted by Gasteiger charge is 2.25. The Balaban J connectivity index is 1.57. The third kappa shape index (κ3) is 5.23. The van der Waals surface area contributed by atoms with E-state index < -0.39 is 5.97 Å². The summed E-state index contributed by atoms with van der Waals surface area (Å²) in [6, 6.07) is 14.5. The second-order valence-electron chi connectivity index (χ2n) is 6.96. The fraction of sp³-hybridized carbons (Fsp3) is 0.333. The summed E-state index contributed by atoms with van der Waals surface area (Å²) >= 11 is 0. The predicted molar refractivity (Wildman–Crippen MR) is 102 cm³/mol. The molecule has 2 unspecified atom stereocenters. The average Bonchev–Trinajstić information content (AvgIpc) is 3.04. The number of amides is 2. The second kappa shape index (κ2) is 8.58. The Bertz CT molecular complexity index is 807. The van der Waals surface area contributed by atoms with Crippen LogP contribution >= 0.6 is 0 Å². The van der Waals surface area contributed by atoms with E-state index in [0.717, 1.165) is 16.7 Å². The lowest BCUT2D eigenvalue weighted by atomic mass is 10.0. The fourth-order valence-corrected chi connectivity index (χ4v) is 3.57. The number of carbonyl (C=O) groups is 2. The van der Waals surface area contributed by atoms with Crippen LogP contribution in [0.3, 0.4) is 0 Å². The van der Waals surface area contributed by atoms with Gasteiger partial charge in [0.25, 0.3) is 0 Å². The number of hydrogen-bond acceptors (Lipinski definition) is 3. The molecule has 6 nitrogen and oxygen atoms in total. The molecule has 4 N–H and O–H groups in total. The van der Waals surface area contributed by atoms with E-state index in [1.807, 2.05) is 36.4 Å². The second-order valence-corrected chi connectivity index (χ2v) is 6.96. The largest absolute Gasteiger partial charge is 0.508 e. The molecule has 0 saturated heterocycles. The number of hydrogen-bond donors (Lipinski definition) is 4. The molecule has 142 valence electrons. The van der Waals surface area contributed by atoms with Gasteiger partial charge in [-0.25, -0.2) is 4.79 Å². The highest BCUT2D eigenvalue weighted by molar-refractivity contribution is 5.75. The number of urea groups is 1. The zero-order valence-corrected chi connectivity index (χ0v) is 15.0. The molecule has 0 radical (unpaired) electrons. The van der Waals surface area contributed by atoms with Crippen molar-refractivity contribution in [1.29, 1.82) is 0 Å². The number of phenols is 1. The predicted octanol–water partition coefficient (Wildman–Crippen LogP) is 2.63. The molecule has 0 spiro atoms. The maximum atomic E-state index is 12.4. The highest BCUT2D eigenvalue weighted by Crippen LogP contribution is 2.29. The first-order valence-corrected chi connectivity index (χ1v) is 9.13. The topological polar surface area (TPSA) is 98.7 Å². The van der Waals surface area contributed by atoms with Gasteiger partial charge >= 0.3 is 12.0 Å². The van der Waals surface area contributed by atoms with Gasteiger partial charge in [0.05, 0.1) is 0 Å². The highest BCUT2D eigenvalue weighted by atomic mass is 16.4. The molecular formula is C21H24N2O4. The van der Waals surface area contributed by atoms with Crippen LogP contribution in [0.4, 0.5) is 4.79 Å². The van der Waals surface area contributed by atoms with Crippen LogP contribution in [0.5, 0.6) is 5.75 Å². The van der Waals surface area contributed by atoms with Crippen molar-refractivity contribution in [2.24, 2.45) is 0 Å². The molecule has 1 aliphatic carbocycles. The number of carbonyl (C=O) groups excluding carboxylic acids is 1. The van der Waals surface area contributed by atoms with Gasteiger partial charge in [0.15, 0.2) is 0 Å². The van der Waals surface area contributed by atoms with Crippen molar-refractivity contribution in [1.82, 2.24) is 10.6 Å². The fourth-order valence-electron chi connectivity index (χ4n) is 3.57. The number of aliphatic carboxylic acids is 1. The van der Waals surface area contributed by atoms with Gasteiger partial charge in [-0.3, -0.25) is 4.79 Å². The Morgan fingerprint density at radius 3 is 2.56 bits per heavy atom. The van der Waals surface area contributed by atoms with Gasteiger partial charge in [0, 0.05) is 18.5 Å². The lowest BCUT2D eigenvalue weighted by Crippen LogP contribution is -2.47. The number of fused-ring (bicyclic) bond motifs is 1. The summed E-state index contributed by atoms with van der Waals surface area (Å²) in [5.41, 5.74) is 2.98. The van der Waals surface area contributed by atoms with Crippen molar-refractivity contribution < 1.29 is 19.8 Å². The van der Waals surface area contributed by atoms with Gasteiger partial charge in [0.2, 0.25) is 0 Å². The quantitative estimate of drug-likeness (QED) is 0.604. The van der Waals surface area contributed by atoms with Crippen LogP contribution in [0, 0.1) is 0 Å². The van der Waals surface area contributed by atoms with Crippen molar-refractivity contribution >= 4 is 12.0 Å². The molecule has 2 atom stereocenters. The van der Waals surface area contributed by atoms with Gasteiger partial charge in [-0.05, 0) is 48.4 Å². The first-order chi connectivity index (χ1) is 13.0. The summed E-state index contributed by atoms with van der Waals surface area (Å²) in [6.07, 6.45) is 2.21. The Morgan fingerprint density at radius 1 is 1.07 bits per heavy atom. The molecule has 27 heavy (non-hydrogen) atoms. The van der Waals surface area contributed by atoms with E-state index in [2.05, 4.69) is 10.6 Å². The van der Waals surface area contributed by atoms with E-state index in [9.17, 15) is 14.7 Å². The first kappa shape index (κ1) is 18.8. The maximum absolute atomic E-state index is 12.4. The van der Waals surface area contributed by atoms with E-state index in [-0.39, 0.29) is 30.3 Å². The first-order valence-electron chi connectivity index (χ1n) is 9.13. The van der Waals surface area contributed by atoms with Gasteiger partial charge in [0.1, 0.15) is 5.75 Å². The molecular weight excluding hydrogens is 344 g/mol. The van der Waals surface area contributed by atoms with Crippen LogP contribution < -0.4 is 10.6 Å². The summed E-state index contributed by atoms with van der Waals surface area (Å²) < 4.78 is 0. The third-order valence-corrected chi connectivity index (χ3v) is 4.87. The van der Waals surface area contributed by atoms with E-state index >= 15 is 0 Å². The van der Waals surface area contributed by atoms with Crippen molar-refractivity contribution in [3.8, 4) is 5.75 Å². The monoisotopic (exact) mass is 368 g/mol. The zero-order valence-electron chi connectivity index (χ0n) is 15.0. The number of carboxylic acids is 1. The molecule has 1 aliphatic rings. The molecule has 3 rings (SSSR count). The van der Waals surface area contributed by atoms with E-state index in [1.54, 1.807) is 12.1 Å². The Hall–Kier alpha value is -3.02. The number of nitrogens with one attached hydrogen (secondary N) is 2. The van der Waals surface area contributed by atoms with Gasteiger partial charge in [-0.2, -0.15) is 0 Å². The van der Waals surface area contributed by atoms with Gasteiger partial charge in [-0.15, -0.1) is 0 Å². The molecule has 6 heteroatoms. The maximum Gasteiger partial charge on any atom is 0.315 e. The number of rotatable bonds is 7. The summed E-state index contributed by atoms with van der Waals surface area (Å²) in [7, 11) is 0. The number of aromatic hydroxyl groups is 1. The molecule has 2 aromatic carbocycles. The minimum atomic E-state index is -0.878.